The topological polar surface area (TPSA) is 74.8 Å². The first-order valence-electron chi connectivity index (χ1n) is 7.83. The molecule has 0 saturated heterocycles. The number of amides is 1. The number of guanidine groups is 1. The molecule has 7 heteroatoms. The van der Waals surface area contributed by atoms with Crippen LogP contribution in [0.1, 0.15) is 26.3 Å². The third-order valence-corrected chi connectivity index (χ3v) is 3.65. The second kappa shape index (κ2) is 11.9. The zero-order chi connectivity index (χ0) is 17.2. The van der Waals surface area contributed by atoms with Gasteiger partial charge in [-0.15, -0.1) is 24.0 Å². The van der Waals surface area contributed by atoms with Gasteiger partial charge in [-0.25, -0.2) is 0 Å². The number of benzene rings is 1. The molecule has 0 aliphatic carbocycles. The molecule has 0 fully saturated rings. The lowest BCUT2D eigenvalue weighted by atomic mass is 10.1. The van der Waals surface area contributed by atoms with E-state index in [2.05, 4.69) is 41.7 Å². The number of methoxy groups -OCH3 is 1. The Kier molecular flexibility index (Phi) is 11.2. The molecule has 0 saturated carbocycles. The monoisotopic (exact) mass is 448 g/mol. The van der Waals surface area contributed by atoms with Gasteiger partial charge in [0.15, 0.2) is 5.96 Å². The molecule has 1 unspecified atom stereocenters. The number of ether oxygens (including phenoxy) is 1. The summed E-state index contributed by atoms with van der Waals surface area (Å²) in [4.78, 5) is 16.0. The van der Waals surface area contributed by atoms with Crippen molar-refractivity contribution in [1.29, 1.82) is 0 Å². The first kappa shape index (κ1) is 22.5. The summed E-state index contributed by atoms with van der Waals surface area (Å²) in [6.45, 7) is 7.01. The zero-order valence-corrected chi connectivity index (χ0v) is 17.4. The molecule has 1 aromatic carbocycles. The number of nitrogens with one attached hydrogen (secondary N) is 3. The summed E-state index contributed by atoms with van der Waals surface area (Å²) < 4.78 is 5.10. The molecule has 0 aromatic heterocycles. The first-order chi connectivity index (χ1) is 11.0. The lowest BCUT2D eigenvalue weighted by Gasteiger charge is -2.20. The fourth-order valence-electron chi connectivity index (χ4n) is 1.75. The van der Waals surface area contributed by atoms with Crippen LogP contribution >= 0.6 is 24.0 Å². The zero-order valence-electron chi connectivity index (χ0n) is 15.1. The van der Waals surface area contributed by atoms with Crippen LogP contribution in [0.15, 0.2) is 29.3 Å². The van der Waals surface area contributed by atoms with Gasteiger partial charge in [-0.05, 0) is 30.5 Å². The maximum absolute atomic E-state index is 11.9. The number of hydrogen-bond donors (Lipinski definition) is 3. The quantitative estimate of drug-likeness (QED) is 0.340. The van der Waals surface area contributed by atoms with Crippen molar-refractivity contribution in [1.82, 2.24) is 16.0 Å². The summed E-state index contributed by atoms with van der Waals surface area (Å²) in [7, 11) is 3.32. The van der Waals surface area contributed by atoms with E-state index in [1.54, 1.807) is 14.2 Å². The van der Waals surface area contributed by atoms with E-state index in [9.17, 15) is 4.79 Å². The van der Waals surface area contributed by atoms with E-state index in [-0.39, 0.29) is 42.5 Å². The Morgan fingerprint density at radius 3 is 2.29 bits per heavy atom. The number of hydrogen-bond acceptors (Lipinski definition) is 3. The van der Waals surface area contributed by atoms with Gasteiger partial charge in [0.2, 0.25) is 5.91 Å². The molecule has 0 heterocycles. The third-order valence-electron chi connectivity index (χ3n) is 3.65. The van der Waals surface area contributed by atoms with E-state index < -0.39 is 0 Å². The molecule has 0 spiro atoms. The Balaban J connectivity index is 0.00000529. The van der Waals surface area contributed by atoms with Crippen molar-refractivity contribution >= 4 is 35.8 Å². The summed E-state index contributed by atoms with van der Waals surface area (Å²) in [6, 6.07) is 7.88. The minimum Gasteiger partial charge on any atom is -0.497 e. The van der Waals surface area contributed by atoms with Crippen molar-refractivity contribution in [2.45, 2.75) is 33.4 Å². The van der Waals surface area contributed by atoms with Gasteiger partial charge in [-0.2, -0.15) is 0 Å². The third kappa shape index (κ3) is 8.37. The van der Waals surface area contributed by atoms with E-state index in [0.717, 1.165) is 11.3 Å². The summed E-state index contributed by atoms with van der Waals surface area (Å²) in [5, 5.41) is 9.14. The highest BCUT2D eigenvalue weighted by Crippen LogP contribution is 2.10. The highest BCUT2D eigenvalue weighted by molar-refractivity contribution is 14.0. The van der Waals surface area contributed by atoms with Crippen molar-refractivity contribution in [2.24, 2.45) is 10.9 Å². The van der Waals surface area contributed by atoms with Crippen molar-refractivity contribution in [3.63, 3.8) is 0 Å². The molecular weight excluding hydrogens is 419 g/mol. The van der Waals surface area contributed by atoms with Gasteiger partial charge in [-0.1, -0.05) is 26.0 Å². The van der Waals surface area contributed by atoms with E-state index in [0.29, 0.717) is 18.4 Å². The molecule has 1 atom stereocenters. The molecule has 1 amide bonds. The Morgan fingerprint density at radius 1 is 1.17 bits per heavy atom. The molecule has 6 nitrogen and oxygen atoms in total. The lowest BCUT2D eigenvalue weighted by Crippen LogP contribution is -2.47. The van der Waals surface area contributed by atoms with Gasteiger partial charge in [0.1, 0.15) is 5.75 Å². The Hall–Kier alpha value is -1.51. The molecule has 136 valence electrons. The van der Waals surface area contributed by atoms with E-state index in [1.807, 2.05) is 24.3 Å². The lowest BCUT2D eigenvalue weighted by molar-refractivity contribution is -0.120. The maximum Gasteiger partial charge on any atom is 0.239 e. The predicted octanol–water partition coefficient (Wildman–Crippen LogP) is 2.14. The summed E-state index contributed by atoms with van der Waals surface area (Å²) in [6.07, 6.45) is 0. The van der Waals surface area contributed by atoms with E-state index in [1.165, 1.54) is 0 Å². The number of halogens is 1. The largest absolute Gasteiger partial charge is 0.497 e. The van der Waals surface area contributed by atoms with Crippen LogP contribution in [0.5, 0.6) is 5.75 Å². The van der Waals surface area contributed by atoms with Crippen molar-refractivity contribution in [3.05, 3.63) is 29.8 Å². The van der Waals surface area contributed by atoms with Crippen LogP contribution in [-0.4, -0.2) is 38.6 Å². The smallest absolute Gasteiger partial charge is 0.239 e. The van der Waals surface area contributed by atoms with Crippen molar-refractivity contribution in [3.8, 4) is 5.75 Å². The standard InChI is InChI=1S/C17H28N4O2.HI/c1-12(2)13(3)21-17(18-4)20-11-16(22)19-10-14-6-8-15(23-5)9-7-14;/h6-9,12-13H,10-11H2,1-5H3,(H,19,22)(H2,18,20,21);1H. The molecule has 0 aliphatic heterocycles. The molecule has 0 radical (unpaired) electrons. The van der Waals surface area contributed by atoms with Gasteiger partial charge in [-0.3, -0.25) is 9.79 Å². The Labute approximate surface area is 161 Å². The summed E-state index contributed by atoms with van der Waals surface area (Å²) in [5.41, 5.74) is 1.02. The maximum atomic E-state index is 11.9. The molecule has 0 bridgehead atoms. The average molecular weight is 448 g/mol. The van der Waals surface area contributed by atoms with Crippen molar-refractivity contribution in [2.75, 3.05) is 20.7 Å². The van der Waals surface area contributed by atoms with Crippen molar-refractivity contribution < 1.29 is 9.53 Å². The van der Waals surface area contributed by atoms with Gasteiger partial charge in [0.05, 0.1) is 13.7 Å². The minimum absolute atomic E-state index is 0. The Bertz CT molecular complexity index is 518. The number of nitrogens with zero attached hydrogens (tertiary/aromatic N) is 1. The SMILES string of the molecule is CN=C(NCC(=O)NCc1ccc(OC)cc1)NC(C)C(C)C.I. The molecular formula is C17H29IN4O2. The average Bonchev–Trinajstić information content (AvgIpc) is 2.56. The summed E-state index contributed by atoms with van der Waals surface area (Å²) >= 11 is 0. The fraction of sp³-hybridized carbons (Fsp3) is 0.529. The second-order valence-corrected chi connectivity index (χ2v) is 5.73. The van der Waals surface area contributed by atoms with E-state index >= 15 is 0 Å². The van der Waals surface area contributed by atoms with Crippen LogP contribution in [-0.2, 0) is 11.3 Å². The molecule has 24 heavy (non-hydrogen) atoms. The van der Waals surface area contributed by atoms with Crippen LogP contribution < -0.4 is 20.7 Å². The van der Waals surface area contributed by atoms with Crippen LogP contribution in [0.4, 0.5) is 0 Å². The second-order valence-electron chi connectivity index (χ2n) is 5.73. The van der Waals surface area contributed by atoms with Gasteiger partial charge >= 0.3 is 0 Å². The molecule has 1 rings (SSSR count). The van der Waals surface area contributed by atoms with Crippen LogP contribution in [0.3, 0.4) is 0 Å². The Morgan fingerprint density at radius 2 is 1.79 bits per heavy atom. The van der Waals surface area contributed by atoms with Crippen LogP contribution in [0.2, 0.25) is 0 Å². The molecule has 3 N–H and O–H groups in total. The normalized spacial score (nSPS) is 12.2. The molecule has 1 aromatic rings. The first-order valence-corrected chi connectivity index (χ1v) is 7.83. The minimum atomic E-state index is -0.0824. The predicted molar refractivity (Wildman–Crippen MR) is 109 cm³/mol. The molecule has 0 aliphatic rings. The number of rotatable bonds is 7. The fourth-order valence-corrected chi connectivity index (χ4v) is 1.75. The van der Waals surface area contributed by atoms with Gasteiger partial charge in [0, 0.05) is 19.6 Å². The van der Waals surface area contributed by atoms with Gasteiger partial charge in [0.25, 0.3) is 0 Å². The van der Waals surface area contributed by atoms with Crippen LogP contribution in [0, 0.1) is 5.92 Å². The van der Waals surface area contributed by atoms with E-state index in [4.69, 9.17) is 4.74 Å². The number of carbonyl (C=O) groups is 1. The summed E-state index contributed by atoms with van der Waals surface area (Å²) in [5.74, 6) is 1.83. The van der Waals surface area contributed by atoms with Crippen LogP contribution in [0.25, 0.3) is 0 Å². The number of aliphatic imine (C=N–C) groups is 1. The highest BCUT2D eigenvalue weighted by Gasteiger charge is 2.10. The highest BCUT2D eigenvalue weighted by atomic mass is 127. The number of carbonyl (C=O) groups excluding carboxylic acids is 1. The van der Waals surface area contributed by atoms with Gasteiger partial charge < -0.3 is 20.7 Å².